The lowest BCUT2D eigenvalue weighted by molar-refractivity contribution is -0.141. The van der Waals surface area contributed by atoms with Crippen molar-refractivity contribution in [1.29, 1.82) is 0 Å². The van der Waals surface area contributed by atoms with Crippen LogP contribution in [0.2, 0.25) is 0 Å². The van der Waals surface area contributed by atoms with Crippen LogP contribution in [0, 0.1) is 0 Å². The van der Waals surface area contributed by atoms with Crippen LogP contribution in [0.3, 0.4) is 0 Å². The number of pyridine rings is 1. The van der Waals surface area contributed by atoms with Gasteiger partial charge in [0.25, 0.3) is 5.56 Å². The maximum atomic E-state index is 13.0. The SMILES string of the molecule is COC(=O)CC(c1ccccc1)c1c(O)nc2ccc(C(F)(F)F)cn2c1=O. The number of hydrogen-bond acceptors (Lipinski definition) is 5. The van der Waals surface area contributed by atoms with Crippen molar-refractivity contribution in [3.05, 3.63) is 75.7 Å². The number of rotatable bonds is 4. The lowest BCUT2D eigenvalue weighted by atomic mass is 9.89. The highest BCUT2D eigenvalue weighted by molar-refractivity contribution is 5.71. The van der Waals surface area contributed by atoms with E-state index in [4.69, 9.17) is 0 Å². The second kappa shape index (κ2) is 7.34. The fraction of sp³-hybridized carbons (Fsp3) is 0.211. The van der Waals surface area contributed by atoms with Gasteiger partial charge in [-0.2, -0.15) is 18.2 Å². The number of halogens is 3. The quantitative estimate of drug-likeness (QED) is 0.690. The predicted molar refractivity (Wildman–Crippen MR) is 93.0 cm³/mol. The van der Waals surface area contributed by atoms with Crippen LogP contribution in [0.25, 0.3) is 5.65 Å². The Morgan fingerprint density at radius 3 is 2.50 bits per heavy atom. The van der Waals surface area contributed by atoms with E-state index in [2.05, 4.69) is 9.72 Å². The van der Waals surface area contributed by atoms with E-state index in [1.807, 2.05) is 0 Å². The number of aromatic nitrogens is 2. The molecular formula is C19H15F3N2O4. The van der Waals surface area contributed by atoms with E-state index in [1.165, 1.54) is 7.11 Å². The Morgan fingerprint density at radius 2 is 1.89 bits per heavy atom. The molecule has 0 saturated carbocycles. The monoisotopic (exact) mass is 392 g/mol. The largest absolute Gasteiger partial charge is 0.493 e. The fourth-order valence-corrected chi connectivity index (χ4v) is 2.94. The Labute approximate surface area is 156 Å². The van der Waals surface area contributed by atoms with Crippen molar-refractivity contribution in [2.45, 2.75) is 18.5 Å². The van der Waals surface area contributed by atoms with Crippen LogP contribution in [-0.2, 0) is 15.7 Å². The van der Waals surface area contributed by atoms with Crippen LogP contribution in [0.4, 0.5) is 13.2 Å². The Morgan fingerprint density at radius 1 is 1.21 bits per heavy atom. The molecule has 2 heterocycles. The molecule has 1 N–H and O–H groups in total. The predicted octanol–water partition coefficient (Wildman–Crippen LogP) is 3.11. The molecule has 1 aromatic carbocycles. The van der Waals surface area contributed by atoms with Gasteiger partial charge < -0.3 is 9.84 Å². The van der Waals surface area contributed by atoms with Gasteiger partial charge in [0.15, 0.2) is 0 Å². The highest BCUT2D eigenvalue weighted by Gasteiger charge is 2.32. The number of carbonyl (C=O) groups excluding carboxylic acids is 1. The van der Waals surface area contributed by atoms with Crippen molar-refractivity contribution in [3.63, 3.8) is 0 Å². The first-order valence-corrected chi connectivity index (χ1v) is 8.16. The van der Waals surface area contributed by atoms with E-state index in [-0.39, 0.29) is 17.6 Å². The molecule has 146 valence electrons. The number of benzene rings is 1. The molecule has 2 aromatic heterocycles. The highest BCUT2D eigenvalue weighted by atomic mass is 19.4. The lowest BCUT2D eigenvalue weighted by Gasteiger charge is -2.18. The van der Waals surface area contributed by atoms with Gasteiger partial charge >= 0.3 is 12.1 Å². The van der Waals surface area contributed by atoms with Crippen molar-refractivity contribution in [1.82, 2.24) is 9.38 Å². The van der Waals surface area contributed by atoms with Gasteiger partial charge in [-0.1, -0.05) is 30.3 Å². The van der Waals surface area contributed by atoms with E-state index >= 15 is 0 Å². The minimum absolute atomic E-state index is 0.149. The molecule has 6 nitrogen and oxygen atoms in total. The molecule has 0 aliphatic carbocycles. The van der Waals surface area contributed by atoms with Crippen molar-refractivity contribution in [2.75, 3.05) is 7.11 Å². The number of aromatic hydroxyl groups is 1. The minimum Gasteiger partial charge on any atom is -0.493 e. The summed E-state index contributed by atoms with van der Waals surface area (Å²) < 4.78 is 44.4. The Bertz CT molecular complexity index is 1080. The van der Waals surface area contributed by atoms with E-state index < -0.39 is 35.1 Å². The first-order valence-electron chi connectivity index (χ1n) is 8.16. The molecule has 9 heteroatoms. The molecule has 0 saturated heterocycles. The standard InChI is InChI=1S/C19H15F3N2O4/c1-28-15(25)9-13(11-5-3-2-4-6-11)16-17(26)23-14-8-7-12(19(20,21)22)10-24(14)18(16)27/h2-8,10,13,26H,9H2,1H3. The summed E-state index contributed by atoms with van der Waals surface area (Å²) in [5, 5.41) is 10.3. The van der Waals surface area contributed by atoms with Gasteiger partial charge in [0, 0.05) is 12.1 Å². The number of hydrogen-bond donors (Lipinski definition) is 1. The average molecular weight is 392 g/mol. The van der Waals surface area contributed by atoms with Crippen LogP contribution >= 0.6 is 0 Å². The van der Waals surface area contributed by atoms with Crippen molar-refractivity contribution in [2.24, 2.45) is 0 Å². The summed E-state index contributed by atoms with van der Waals surface area (Å²) in [6.07, 6.45) is -4.33. The fourth-order valence-electron chi connectivity index (χ4n) is 2.94. The van der Waals surface area contributed by atoms with Gasteiger partial charge in [-0.3, -0.25) is 14.0 Å². The second-order valence-corrected chi connectivity index (χ2v) is 6.04. The van der Waals surface area contributed by atoms with Gasteiger partial charge in [0.05, 0.1) is 24.7 Å². The van der Waals surface area contributed by atoms with Crippen LogP contribution in [0.15, 0.2) is 53.5 Å². The topological polar surface area (TPSA) is 80.9 Å². The molecule has 1 atom stereocenters. The zero-order chi connectivity index (χ0) is 20.5. The van der Waals surface area contributed by atoms with Gasteiger partial charge in [-0.15, -0.1) is 0 Å². The van der Waals surface area contributed by atoms with E-state index in [0.717, 1.165) is 12.1 Å². The average Bonchev–Trinajstić information content (AvgIpc) is 2.66. The lowest BCUT2D eigenvalue weighted by Crippen LogP contribution is -2.25. The molecule has 0 spiro atoms. The number of methoxy groups -OCH3 is 1. The summed E-state index contributed by atoms with van der Waals surface area (Å²) in [6, 6.07) is 10.1. The van der Waals surface area contributed by atoms with Gasteiger partial charge in [0.1, 0.15) is 5.65 Å². The smallest absolute Gasteiger partial charge is 0.417 e. The second-order valence-electron chi connectivity index (χ2n) is 6.04. The third-order valence-corrected chi connectivity index (χ3v) is 4.31. The summed E-state index contributed by atoms with van der Waals surface area (Å²) in [6.45, 7) is 0. The zero-order valence-electron chi connectivity index (χ0n) is 14.6. The summed E-state index contributed by atoms with van der Waals surface area (Å²) in [4.78, 5) is 28.7. The van der Waals surface area contributed by atoms with Gasteiger partial charge in [-0.25, -0.2) is 0 Å². The molecule has 0 aliphatic rings. The van der Waals surface area contributed by atoms with Gasteiger partial charge in [0.2, 0.25) is 5.88 Å². The molecule has 0 bridgehead atoms. The number of alkyl halides is 3. The molecule has 1 unspecified atom stereocenters. The first kappa shape index (κ1) is 19.4. The molecule has 3 aromatic rings. The van der Waals surface area contributed by atoms with Crippen LogP contribution in [-0.4, -0.2) is 27.6 Å². The van der Waals surface area contributed by atoms with E-state index in [0.29, 0.717) is 16.2 Å². The molecular weight excluding hydrogens is 377 g/mol. The van der Waals surface area contributed by atoms with E-state index in [1.54, 1.807) is 30.3 Å². The number of ether oxygens (including phenoxy) is 1. The van der Waals surface area contributed by atoms with E-state index in [9.17, 15) is 27.9 Å². The van der Waals surface area contributed by atoms with Crippen LogP contribution in [0.5, 0.6) is 5.88 Å². The zero-order valence-corrected chi connectivity index (χ0v) is 14.6. The molecule has 28 heavy (non-hydrogen) atoms. The number of nitrogens with zero attached hydrogens (tertiary/aromatic N) is 2. The summed E-state index contributed by atoms with van der Waals surface area (Å²) in [5.74, 6) is -2.25. The molecule has 0 fully saturated rings. The molecule has 0 radical (unpaired) electrons. The third-order valence-electron chi connectivity index (χ3n) is 4.31. The van der Waals surface area contributed by atoms with Crippen molar-refractivity contribution >= 4 is 11.6 Å². The Kier molecular flexibility index (Phi) is 5.08. The maximum absolute atomic E-state index is 13.0. The first-order chi connectivity index (χ1) is 13.2. The minimum atomic E-state index is -4.66. The van der Waals surface area contributed by atoms with Crippen LogP contribution in [0.1, 0.15) is 29.0 Å². The van der Waals surface area contributed by atoms with Crippen molar-refractivity contribution < 1.29 is 27.8 Å². The summed E-state index contributed by atoms with van der Waals surface area (Å²) >= 11 is 0. The number of esters is 1. The molecule has 0 amide bonds. The molecule has 3 rings (SSSR count). The Balaban J connectivity index is 2.26. The Hall–Kier alpha value is -3.36. The third kappa shape index (κ3) is 3.68. The van der Waals surface area contributed by atoms with Gasteiger partial charge in [-0.05, 0) is 17.7 Å². The van der Waals surface area contributed by atoms with Crippen molar-refractivity contribution in [3.8, 4) is 5.88 Å². The number of fused-ring (bicyclic) bond motifs is 1. The highest BCUT2D eigenvalue weighted by Crippen LogP contribution is 2.32. The molecule has 0 aliphatic heterocycles. The number of carbonyl (C=O) groups is 1. The summed E-state index contributed by atoms with van der Waals surface area (Å²) in [7, 11) is 1.17. The summed E-state index contributed by atoms with van der Waals surface area (Å²) in [5.41, 5.74) is -1.86. The normalized spacial score (nSPS) is 12.7. The maximum Gasteiger partial charge on any atom is 0.417 e. The van der Waals surface area contributed by atoms with Crippen LogP contribution < -0.4 is 5.56 Å².